The van der Waals surface area contributed by atoms with Crippen molar-refractivity contribution in [2.45, 2.75) is 38.4 Å². The van der Waals surface area contributed by atoms with Gasteiger partial charge in [-0.3, -0.25) is 0 Å². The van der Waals surface area contributed by atoms with Crippen molar-refractivity contribution in [1.82, 2.24) is 0 Å². The van der Waals surface area contributed by atoms with Gasteiger partial charge in [0.15, 0.2) is 0 Å². The molecule has 0 amide bonds. The summed E-state index contributed by atoms with van der Waals surface area (Å²) in [7, 11) is 0. The van der Waals surface area contributed by atoms with Crippen LogP contribution in [0, 0.1) is 0 Å². The summed E-state index contributed by atoms with van der Waals surface area (Å²) in [5, 5.41) is 11.0. The molecule has 2 aromatic carbocycles. The molecule has 1 heterocycles. The van der Waals surface area contributed by atoms with Crippen LogP contribution in [0.4, 0.5) is 0 Å². The van der Waals surface area contributed by atoms with Gasteiger partial charge in [0, 0.05) is 0 Å². The SMILES string of the molecule is CC(C)(O)C1=C2c3ccccc3CCC2OC/C1=C\c1ccccc1. The lowest BCUT2D eigenvalue weighted by Crippen LogP contribution is -2.36. The van der Waals surface area contributed by atoms with Crippen molar-refractivity contribution < 1.29 is 9.84 Å². The van der Waals surface area contributed by atoms with Crippen LogP contribution < -0.4 is 0 Å². The maximum atomic E-state index is 11.0. The van der Waals surface area contributed by atoms with E-state index in [0.29, 0.717) is 6.61 Å². The largest absolute Gasteiger partial charge is 0.386 e. The molecule has 1 aliphatic heterocycles. The average molecular weight is 332 g/mol. The molecule has 4 rings (SSSR count). The molecule has 0 bridgehead atoms. The van der Waals surface area contributed by atoms with Crippen LogP contribution in [0.3, 0.4) is 0 Å². The maximum absolute atomic E-state index is 11.0. The Morgan fingerprint density at radius 1 is 1.04 bits per heavy atom. The van der Waals surface area contributed by atoms with E-state index in [2.05, 4.69) is 42.5 Å². The van der Waals surface area contributed by atoms with Gasteiger partial charge in [0.1, 0.15) is 0 Å². The number of aryl methyl sites for hydroxylation is 1. The van der Waals surface area contributed by atoms with Gasteiger partial charge < -0.3 is 9.84 Å². The number of aliphatic hydroxyl groups is 1. The van der Waals surface area contributed by atoms with Gasteiger partial charge in [0.05, 0.1) is 18.3 Å². The molecule has 1 aliphatic carbocycles. The van der Waals surface area contributed by atoms with Crippen molar-refractivity contribution in [2.75, 3.05) is 6.61 Å². The first kappa shape index (κ1) is 16.3. The quantitative estimate of drug-likeness (QED) is 0.868. The van der Waals surface area contributed by atoms with Crippen LogP contribution in [0.15, 0.2) is 65.7 Å². The zero-order valence-electron chi connectivity index (χ0n) is 14.8. The molecule has 2 aromatic rings. The van der Waals surface area contributed by atoms with Gasteiger partial charge >= 0.3 is 0 Å². The lowest BCUT2D eigenvalue weighted by Gasteiger charge is -2.39. The van der Waals surface area contributed by atoms with Crippen LogP contribution in [0.2, 0.25) is 0 Å². The van der Waals surface area contributed by atoms with Crippen LogP contribution in [-0.4, -0.2) is 23.4 Å². The Morgan fingerprint density at radius 2 is 1.76 bits per heavy atom. The van der Waals surface area contributed by atoms with E-state index in [1.54, 1.807) is 0 Å². The van der Waals surface area contributed by atoms with E-state index >= 15 is 0 Å². The third-order valence-corrected chi connectivity index (χ3v) is 5.09. The predicted molar refractivity (Wildman–Crippen MR) is 102 cm³/mol. The minimum absolute atomic E-state index is 0.0734. The van der Waals surface area contributed by atoms with Gasteiger partial charge in [-0.25, -0.2) is 0 Å². The van der Waals surface area contributed by atoms with Crippen LogP contribution in [0.25, 0.3) is 11.6 Å². The van der Waals surface area contributed by atoms with Gasteiger partial charge in [0.2, 0.25) is 0 Å². The van der Waals surface area contributed by atoms with E-state index in [0.717, 1.165) is 29.6 Å². The molecular weight excluding hydrogens is 308 g/mol. The van der Waals surface area contributed by atoms with Crippen LogP contribution in [-0.2, 0) is 11.2 Å². The van der Waals surface area contributed by atoms with Crippen molar-refractivity contribution in [3.63, 3.8) is 0 Å². The molecule has 0 spiro atoms. The predicted octanol–water partition coefficient (Wildman–Crippen LogP) is 4.64. The monoisotopic (exact) mass is 332 g/mol. The highest BCUT2D eigenvalue weighted by Crippen LogP contribution is 2.44. The molecule has 0 radical (unpaired) electrons. The van der Waals surface area contributed by atoms with E-state index in [9.17, 15) is 5.11 Å². The van der Waals surface area contributed by atoms with Crippen molar-refractivity contribution >= 4 is 11.6 Å². The standard InChI is InChI=1S/C23H24O2/c1-23(2,24)22-18(14-16-8-4-3-5-9-16)15-25-20-13-12-17-10-6-7-11-19(17)21(20)22/h3-11,14,20,24H,12-13,15H2,1-2H3/b18-14+. The second-order valence-corrected chi connectivity index (χ2v) is 7.42. The zero-order chi connectivity index (χ0) is 17.4. The molecule has 0 saturated heterocycles. The summed E-state index contributed by atoms with van der Waals surface area (Å²) in [5.41, 5.74) is 6.06. The Morgan fingerprint density at radius 3 is 2.52 bits per heavy atom. The second kappa shape index (κ2) is 6.29. The Kier molecular flexibility index (Phi) is 4.10. The first-order valence-corrected chi connectivity index (χ1v) is 8.97. The molecule has 1 atom stereocenters. The molecular formula is C23H24O2. The number of hydrogen-bond donors (Lipinski definition) is 1. The smallest absolute Gasteiger partial charge is 0.0847 e. The number of ether oxygens (including phenoxy) is 1. The Balaban J connectivity index is 1.94. The molecule has 0 fully saturated rings. The van der Waals surface area contributed by atoms with Crippen LogP contribution >= 0.6 is 0 Å². The van der Waals surface area contributed by atoms with E-state index in [1.807, 2.05) is 32.0 Å². The van der Waals surface area contributed by atoms with Crippen molar-refractivity contribution in [1.29, 1.82) is 0 Å². The van der Waals surface area contributed by atoms with Crippen LogP contribution in [0.1, 0.15) is 37.0 Å². The summed E-state index contributed by atoms with van der Waals surface area (Å²) in [6.07, 6.45) is 4.23. The summed E-state index contributed by atoms with van der Waals surface area (Å²) < 4.78 is 6.21. The molecule has 128 valence electrons. The molecule has 2 heteroatoms. The Hall–Kier alpha value is -2.16. The van der Waals surface area contributed by atoms with E-state index in [-0.39, 0.29) is 6.10 Å². The second-order valence-electron chi connectivity index (χ2n) is 7.42. The molecule has 0 aromatic heterocycles. The molecule has 0 saturated carbocycles. The van der Waals surface area contributed by atoms with Crippen molar-refractivity contribution in [3.05, 3.63) is 82.4 Å². The van der Waals surface area contributed by atoms with Gasteiger partial charge in [-0.05, 0) is 66.2 Å². The minimum atomic E-state index is -0.914. The summed E-state index contributed by atoms with van der Waals surface area (Å²) in [6.45, 7) is 4.31. The lowest BCUT2D eigenvalue weighted by atomic mass is 9.75. The summed E-state index contributed by atoms with van der Waals surface area (Å²) in [6, 6.07) is 18.8. The molecule has 1 N–H and O–H groups in total. The summed E-state index contributed by atoms with van der Waals surface area (Å²) in [5.74, 6) is 0. The van der Waals surface area contributed by atoms with E-state index in [4.69, 9.17) is 4.74 Å². The average Bonchev–Trinajstić information content (AvgIpc) is 2.61. The third-order valence-electron chi connectivity index (χ3n) is 5.09. The van der Waals surface area contributed by atoms with Gasteiger partial charge in [0.25, 0.3) is 0 Å². The fraction of sp³-hybridized carbons (Fsp3) is 0.304. The summed E-state index contributed by atoms with van der Waals surface area (Å²) >= 11 is 0. The number of hydrogen-bond acceptors (Lipinski definition) is 2. The van der Waals surface area contributed by atoms with Crippen molar-refractivity contribution in [3.8, 4) is 0 Å². The van der Waals surface area contributed by atoms with Crippen molar-refractivity contribution in [2.24, 2.45) is 0 Å². The third kappa shape index (κ3) is 3.08. The normalized spacial score (nSPS) is 21.9. The first-order valence-electron chi connectivity index (χ1n) is 8.97. The lowest BCUT2D eigenvalue weighted by molar-refractivity contribution is 0.0762. The van der Waals surface area contributed by atoms with E-state index < -0.39 is 5.60 Å². The van der Waals surface area contributed by atoms with Crippen LogP contribution in [0.5, 0.6) is 0 Å². The molecule has 1 unspecified atom stereocenters. The highest BCUT2D eigenvalue weighted by molar-refractivity contribution is 5.83. The number of benzene rings is 2. The van der Waals surface area contributed by atoms with E-state index in [1.165, 1.54) is 16.7 Å². The minimum Gasteiger partial charge on any atom is -0.386 e. The first-order chi connectivity index (χ1) is 12.0. The highest BCUT2D eigenvalue weighted by atomic mass is 16.5. The number of fused-ring (bicyclic) bond motifs is 3. The van der Waals surface area contributed by atoms with Gasteiger partial charge in [-0.1, -0.05) is 54.6 Å². The number of rotatable bonds is 2. The molecule has 2 nitrogen and oxygen atoms in total. The van der Waals surface area contributed by atoms with Gasteiger partial charge in [-0.2, -0.15) is 0 Å². The topological polar surface area (TPSA) is 29.5 Å². The Bertz CT molecular complexity index is 838. The summed E-state index contributed by atoms with van der Waals surface area (Å²) in [4.78, 5) is 0. The highest BCUT2D eigenvalue weighted by Gasteiger charge is 2.37. The molecule has 2 aliphatic rings. The molecule has 25 heavy (non-hydrogen) atoms. The fourth-order valence-corrected chi connectivity index (χ4v) is 4.09. The maximum Gasteiger partial charge on any atom is 0.0847 e. The zero-order valence-corrected chi connectivity index (χ0v) is 14.8. The Labute approximate surface area is 149 Å². The van der Waals surface area contributed by atoms with Gasteiger partial charge in [-0.15, -0.1) is 0 Å². The fourth-order valence-electron chi connectivity index (χ4n) is 4.09.